The van der Waals surface area contributed by atoms with E-state index in [4.69, 9.17) is 10.9 Å². The summed E-state index contributed by atoms with van der Waals surface area (Å²) < 4.78 is 46.6. The maximum Gasteiger partial charge on any atom is 0.265 e. The van der Waals surface area contributed by atoms with E-state index in [2.05, 4.69) is 4.98 Å². The average molecular weight is 237 g/mol. The number of hydrogen-bond donors (Lipinski definition) is 2. The molecule has 0 atom stereocenters. The Morgan fingerprint density at radius 2 is 2.07 bits per heavy atom. The molecule has 4 N–H and O–H groups in total. The number of hydrogen-bond acceptors (Lipinski definition) is 4. The first kappa shape index (κ1) is 12.0. The van der Waals surface area contributed by atoms with Crippen LogP contribution in [0.4, 0.5) is 8.78 Å². The average Bonchev–Trinajstić information content (AvgIpc) is 2.15. The number of alkyl halides is 2. The summed E-state index contributed by atoms with van der Waals surface area (Å²) in [5.41, 5.74) is 4.67. The van der Waals surface area contributed by atoms with E-state index in [0.717, 1.165) is 12.3 Å². The molecule has 1 heterocycles. The highest BCUT2D eigenvalue weighted by Crippen LogP contribution is 2.22. The van der Waals surface area contributed by atoms with Gasteiger partial charge in [-0.15, -0.1) is 0 Å². The highest BCUT2D eigenvalue weighted by atomic mass is 32.2. The predicted molar refractivity (Wildman–Crippen MR) is 48.5 cm³/mol. The van der Waals surface area contributed by atoms with Gasteiger partial charge in [0.1, 0.15) is 4.90 Å². The van der Waals surface area contributed by atoms with Crippen molar-refractivity contribution in [1.29, 1.82) is 0 Å². The van der Waals surface area contributed by atoms with Crippen molar-refractivity contribution >= 4 is 10.0 Å². The van der Waals surface area contributed by atoms with Gasteiger partial charge in [0.2, 0.25) is 10.0 Å². The molecular weight excluding hydrogens is 228 g/mol. The summed E-state index contributed by atoms with van der Waals surface area (Å²) in [6, 6.07) is 0.787. The first-order valence-corrected chi connectivity index (χ1v) is 5.40. The van der Waals surface area contributed by atoms with Crippen LogP contribution in [0.15, 0.2) is 17.2 Å². The molecule has 15 heavy (non-hydrogen) atoms. The van der Waals surface area contributed by atoms with Gasteiger partial charge in [-0.05, 0) is 6.07 Å². The van der Waals surface area contributed by atoms with Crippen molar-refractivity contribution in [2.75, 3.05) is 0 Å². The van der Waals surface area contributed by atoms with Crippen LogP contribution in [0.25, 0.3) is 0 Å². The minimum atomic E-state index is -4.08. The molecule has 1 rings (SSSR count). The van der Waals surface area contributed by atoms with E-state index < -0.39 is 26.9 Å². The summed E-state index contributed by atoms with van der Waals surface area (Å²) in [4.78, 5) is 3.06. The molecule has 84 valence electrons. The van der Waals surface area contributed by atoms with Crippen LogP contribution in [-0.4, -0.2) is 13.4 Å². The summed E-state index contributed by atoms with van der Waals surface area (Å²) in [7, 11) is -4.08. The van der Waals surface area contributed by atoms with Gasteiger partial charge in [-0.2, -0.15) is 0 Å². The van der Waals surface area contributed by atoms with E-state index in [1.165, 1.54) is 0 Å². The monoisotopic (exact) mass is 237 g/mol. The molecule has 0 saturated carbocycles. The fourth-order valence-corrected chi connectivity index (χ4v) is 1.77. The Morgan fingerprint density at radius 3 is 2.47 bits per heavy atom. The first-order chi connectivity index (χ1) is 6.86. The Labute approximate surface area is 85.2 Å². The van der Waals surface area contributed by atoms with Crippen LogP contribution in [0.3, 0.4) is 0 Å². The number of sulfonamides is 1. The molecule has 0 aliphatic rings. The topological polar surface area (TPSA) is 99.1 Å². The molecule has 0 aromatic carbocycles. The maximum absolute atomic E-state index is 12.3. The van der Waals surface area contributed by atoms with E-state index >= 15 is 0 Å². The molecule has 0 bridgehead atoms. The molecule has 0 spiro atoms. The van der Waals surface area contributed by atoms with E-state index in [0.29, 0.717) is 0 Å². The zero-order valence-corrected chi connectivity index (χ0v) is 8.34. The number of halogens is 2. The number of pyridine rings is 1. The van der Waals surface area contributed by atoms with Gasteiger partial charge in [0.05, 0.1) is 5.69 Å². The third kappa shape index (κ3) is 2.67. The highest BCUT2D eigenvalue weighted by Gasteiger charge is 2.18. The summed E-state index contributed by atoms with van der Waals surface area (Å²) in [5.74, 6) is 0. The van der Waals surface area contributed by atoms with Gasteiger partial charge in [0.15, 0.2) is 0 Å². The SMILES string of the molecule is NCc1ncc(C(F)F)cc1S(N)(=O)=O. The van der Waals surface area contributed by atoms with Gasteiger partial charge in [0, 0.05) is 18.3 Å². The van der Waals surface area contributed by atoms with Crippen LogP contribution in [0.5, 0.6) is 0 Å². The van der Waals surface area contributed by atoms with Crippen molar-refractivity contribution in [3.8, 4) is 0 Å². The zero-order valence-electron chi connectivity index (χ0n) is 7.52. The highest BCUT2D eigenvalue weighted by molar-refractivity contribution is 7.89. The Kier molecular flexibility index (Phi) is 3.32. The fraction of sp³-hybridized carbons (Fsp3) is 0.286. The minimum Gasteiger partial charge on any atom is -0.325 e. The van der Waals surface area contributed by atoms with Crippen LogP contribution < -0.4 is 10.9 Å². The first-order valence-electron chi connectivity index (χ1n) is 3.86. The van der Waals surface area contributed by atoms with Crippen molar-refractivity contribution in [3.05, 3.63) is 23.5 Å². The second kappa shape index (κ2) is 4.17. The van der Waals surface area contributed by atoms with Crippen LogP contribution in [0.2, 0.25) is 0 Å². The molecular formula is C7H9F2N3O2S. The molecule has 0 radical (unpaired) electrons. The van der Waals surface area contributed by atoms with Crippen molar-refractivity contribution in [1.82, 2.24) is 4.98 Å². The lowest BCUT2D eigenvalue weighted by molar-refractivity contribution is 0.150. The van der Waals surface area contributed by atoms with E-state index in [9.17, 15) is 17.2 Å². The van der Waals surface area contributed by atoms with Crippen LogP contribution >= 0.6 is 0 Å². The van der Waals surface area contributed by atoms with Gasteiger partial charge in [-0.1, -0.05) is 0 Å². The van der Waals surface area contributed by atoms with Gasteiger partial charge >= 0.3 is 0 Å². The number of primary sulfonamides is 1. The van der Waals surface area contributed by atoms with Gasteiger partial charge < -0.3 is 5.73 Å². The van der Waals surface area contributed by atoms with Gasteiger partial charge in [-0.25, -0.2) is 22.3 Å². The normalized spacial score (nSPS) is 12.1. The lowest BCUT2D eigenvalue weighted by Gasteiger charge is -2.06. The molecule has 0 amide bonds. The van der Waals surface area contributed by atoms with Crippen molar-refractivity contribution in [2.24, 2.45) is 10.9 Å². The van der Waals surface area contributed by atoms with Crippen LogP contribution in [0, 0.1) is 0 Å². The van der Waals surface area contributed by atoms with Crippen LogP contribution in [-0.2, 0) is 16.6 Å². The fourth-order valence-electron chi connectivity index (χ4n) is 1.01. The summed E-state index contributed by atoms with van der Waals surface area (Å²) in [5, 5.41) is 4.83. The zero-order chi connectivity index (χ0) is 11.6. The van der Waals surface area contributed by atoms with E-state index in [1.807, 2.05) is 0 Å². The Bertz CT molecular complexity index is 461. The van der Waals surface area contributed by atoms with E-state index in [1.54, 1.807) is 0 Å². The Balaban J connectivity index is 3.39. The van der Waals surface area contributed by atoms with Crippen molar-refractivity contribution < 1.29 is 17.2 Å². The molecule has 0 fully saturated rings. The summed E-state index contributed by atoms with van der Waals surface area (Å²) >= 11 is 0. The second-order valence-electron chi connectivity index (χ2n) is 2.76. The predicted octanol–water partition coefficient (Wildman–Crippen LogP) is 0.125. The maximum atomic E-state index is 12.3. The largest absolute Gasteiger partial charge is 0.325 e. The number of nitrogens with zero attached hydrogens (tertiary/aromatic N) is 1. The molecule has 5 nitrogen and oxygen atoms in total. The smallest absolute Gasteiger partial charge is 0.265 e. The summed E-state index contributed by atoms with van der Waals surface area (Å²) in [6.07, 6.45) is -1.92. The summed E-state index contributed by atoms with van der Waals surface area (Å²) in [6.45, 7) is -0.185. The van der Waals surface area contributed by atoms with Crippen molar-refractivity contribution in [2.45, 2.75) is 17.9 Å². The number of nitrogens with two attached hydrogens (primary N) is 2. The molecule has 0 aliphatic carbocycles. The Hall–Kier alpha value is -1.12. The lowest BCUT2D eigenvalue weighted by atomic mass is 10.2. The second-order valence-corrected chi connectivity index (χ2v) is 4.29. The van der Waals surface area contributed by atoms with Gasteiger partial charge in [-0.3, -0.25) is 4.98 Å². The Morgan fingerprint density at radius 1 is 1.47 bits per heavy atom. The number of rotatable bonds is 3. The minimum absolute atomic E-state index is 0.0260. The molecule has 8 heteroatoms. The number of aromatic nitrogens is 1. The molecule has 0 unspecified atom stereocenters. The molecule has 1 aromatic rings. The lowest BCUT2D eigenvalue weighted by Crippen LogP contribution is -2.17. The quantitative estimate of drug-likeness (QED) is 0.780. The molecule has 1 aromatic heterocycles. The van der Waals surface area contributed by atoms with E-state index in [-0.39, 0.29) is 12.2 Å². The van der Waals surface area contributed by atoms with Crippen molar-refractivity contribution in [3.63, 3.8) is 0 Å². The third-order valence-corrected chi connectivity index (χ3v) is 2.67. The standard InChI is InChI=1S/C7H9F2N3O2S/c8-7(9)4-1-6(15(11,13)14)5(2-10)12-3-4/h1,3,7H,2,10H2,(H2,11,13,14). The molecule has 0 saturated heterocycles. The molecule has 0 aliphatic heterocycles. The van der Waals surface area contributed by atoms with Gasteiger partial charge in [0.25, 0.3) is 6.43 Å². The third-order valence-electron chi connectivity index (χ3n) is 1.70. The van der Waals surface area contributed by atoms with Crippen LogP contribution in [0.1, 0.15) is 17.7 Å².